The van der Waals surface area contributed by atoms with Crippen LogP contribution in [0.1, 0.15) is 6.42 Å². The smallest absolute Gasteiger partial charge is 0.216 e. The van der Waals surface area contributed by atoms with E-state index in [0.717, 1.165) is 19.5 Å². The van der Waals surface area contributed by atoms with Crippen molar-refractivity contribution in [3.8, 4) is 5.88 Å². The van der Waals surface area contributed by atoms with Gasteiger partial charge in [0.15, 0.2) is 0 Å². The molecule has 0 spiro atoms. The first-order chi connectivity index (χ1) is 5.95. The van der Waals surface area contributed by atoms with Crippen molar-refractivity contribution in [2.24, 2.45) is 0 Å². The average Bonchev–Trinajstić information content (AvgIpc) is 2.59. The minimum atomic E-state index is 0.278. The van der Waals surface area contributed by atoms with Gasteiger partial charge >= 0.3 is 0 Å². The molecule has 1 unspecified atom stereocenters. The van der Waals surface area contributed by atoms with Gasteiger partial charge in [0.1, 0.15) is 12.4 Å². The Hall–Kier alpha value is -1.16. The molecule has 1 fully saturated rings. The van der Waals surface area contributed by atoms with Gasteiger partial charge in [0.05, 0.1) is 0 Å². The number of hydrogen-bond donors (Lipinski definition) is 1. The molecule has 1 saturated heterocycles. The quantitative estimate of drug-likeness (QED) is 0.681. The third kappa shape index (κ3) is 1.71. The average molecular weight is 165 g/mol. The maximum atomic E-state index is 5.56. The molecule has 1 aromatic heterocycles. The lowest BCUT2D eigenvalue weighted by Crippen LogP contribution is -2.19. The summed E-state index contributed by atoms with van der Waals surface area (Å²) >= 11 is 0. The Balaban J connectivity index is 1.94. The molecule has 1 atom stereocenters. The molecule has 0 bridgehead atoms. The second kappa shape index (κ2) is 3.49. The van der Waals surface area contributed by atoms with Gasteiger partial charge in [-0.3, -0.25) is 0 Å². The first-order valence-electron chi connectivity index (χ1n) is 4.08. The fourth-order valence-electron chi connectivity index (χ4n) is 1.25. The van der Waals surface area contributed by atoms with Gasteiger partial charge in [-0.1, -0.05) is 0 Å². The molecule has 0 amide bonds. The first-order valence-corrected chi connectivity index (χ1v) is 4.08. The number of nitrogens with zero attached hydrogens (tertiary/aromatic N) is 2. The van der Waals surface area contributed by atoms with E-state index in [0.29, 0.717) is 5.88 Å². The minimum Gasteiger partial charge on any atom is -0.473 e. The largest absolute Gasteiger partial charge is 0.473 e. The Morgan fingerprint density at radius 1 is 1.58 bits per heavy atom. The zero-order valence-corrected chi connectivity index (χ0v) is 6.73. The lowest BCUT2D eigenvalue weighted by Gasteiger charge is -2.09. The number of rotatable bonds is 2. The van der Waals surface area contributed by atoms with Gasteiger partial charge in [-0.2, -0.15) is 0 Å². The zero-order chi connectivity index (χ0) is 8.23. The Bertz CT molecular complexity index is 233. The molecule has 2 rings (SSSR count). The zero-order valence-electron chi connectivity index (χ0n) is 6.73. The summed E-state index contributed by atoms with van der Waals surface area (Å²) in [6, 6.07) is 1.78. The topological polar surface area (TPSA) is 47.0 Å². The molecule has 2 heterocycles. The highest BCUT2D eigenvalue weighted by Gasteiger charge is 2.15. The fraction of sp³-hybridized carbons (Fsp3) is 0.500. The molecule has 0 aromatic carbocycles. The van der Waals surface area contributed by atoms with E-state index in [1.807, 2.05) is 0 Å². The number of hydrogen-bond acceptors (Lipinski definition) is 4. The van der Waals surface area contributed by atoms with E-state index in [9.17, 15) is 0 Å². The van der Waals surface area contributed by atoms with Crippen LogP contribution in [0.2, 0.25) is 0 Å². The Kier molecular flexibility index (Phi) is 2.18. The summed E-state index contributed by atoms with van der Waals surface area (Å²) < 4.78 is 5.56. The van der Waals surface area contributed by atoms with E-state index in [4.69, 9.17) is 4.74 Å². The van der Waals surface area contributed by atoms with E-state index in [-0.39, 0.29) is 6.10 Å². The molecule has 4 nitrogen and oxygen atoms in total. The first kappa shape index (κ1) is 7.49. The highest BCUT2D eigenvalue weighted by atomic mass is 16.5. The maximum Gasteiger partial charge on any atom is 0.216 e. The standard InChI is InChI=1S/C8H11N3O/c1-3-9-5-7(1)12-8-2-4-10-6-11-8/h2,4,6-7,9H,1,3,5H2. The lowest BCUT2D eigenvalue weighted by atomic mass is 10.3. The molecule has 64 valence electrons. The highest BCUT2D eigenvalue weighted by molar-refractivity contribution is 5.05. The van der Waals surface area contributed by atoms with Crippen molar-refractivity contribution in [2.75, 3.05) is 13.1 Å². The molecule has 0 radical (unpaired) electrons. The summed E-state index contributed by atoms with van der Waals surface area (Å²) in [5.41, 5.74) is 0. The van der Waals surface area contributed by atoms with Gasteiger partial charge in [0.2, 0.25) is 5.88 Å². The van der Waals surface area contributed by atoms with E-state index in [1.165, 1.54) is 6.33 Å². The van der Waals surface area contributed by atoms with Crippen LogP contribution in [0.4, 0.5) is 0 Å². The van der Waals surface area contributed by atoms with Crippen LogP contribution < -0.4 is 10.1 Å². The van der Waals surface area contributed by atoms with Crippen LogP contribution in [0.5, 0.6) is 5.88 Å². The molecular formula is C8H11N3O. The van der Waals surface area contributed by atoms with Crippen molar-refractivity contribution in [1.82, 2.24) is 15.3 Å². The summed E-state index contributed by atoms with van der Waals surface area (Å²) in [5.74, 6) is 0.665. The Morgan fingerprint density at radius 3 is 3.25 bits per heavy atom. The van der Waals surface area contributed by atoms with Gasteiger partial charge in [-0.05, 0) is 13.0 Å². The van der Waals surface area contributed by atoms with Crippen molar-refractivity contribution in [1.29, 1.82) is 0 Å². The molecule has 1 N–H and O–H groups in total. The van der Waals surface area contributed by atoms with E-state index >= 15 is 0 Å². The van der Waals surface area contributed by atoms with Crippen molar-refractivity contribution in [3.05, 3.63) is 18.6 Å². The molecule has 1 aliphatic rings. The van der Waals surface area contributed by atoms with Crippen LogP contribution in [0.25, 0.3) is 0 Å². The summed E-state index contributed by atoms with van der Waals surface area (Å²) in [6.45, 7) is 1.96. The van der Waals surface area contributed by atoms with Gasteiger partial charge in [-0.25, -0.2) is 9.97 Å². The monoisotopic (exact) mass is 165 g/mol. The number of ether oxygens (including phenoxy) is 1. The van der Waals surface area contributed by atoms with E-state index in [1.54, 1.807) is 12.3 Å². The minimum absolute atomic E-state index is 0.278. The van der Waals surface area contributed by atoms with Crippen molar-refractivity contribution < 1.29 is 4.74 Å². The highest BCUT2D eigenvalue weighted by Crippen LogP contribution is 2.09. The van der Waals surface area contributed by atoms with Gasteiger partial charge in [0, 0.05) is 18.8 Å². The van der Waals surface area contributed by atoms with E-state index in [2.05, 4.69) is 15.3 Å². The maximum absolute atomic E-state index is 5.56. The normalized spacial score (nSPS) is 22.5. The van der Waals surface area contributed by atoms with Crippen molar-refractivity contribution in [3.63, 3.8) is 0 Å². The Labute approximate surface area is 71.0 Å². The Morgan fingerprint density at radius 2 is 2.58 bits per heavy atom. The summed E-state index contributed by atoms with van der Waals surface area (Å²) in [7, 11) is 0. The van der Waals surface area contributed by atoms with Crippen LogP contribution in [0.3, 0.4) is 0 Å². The van der Waals surface area contributed by atoms with Crippen LogP contribution in [0.15, 0.2) is 18.6 Å². The second-order valence-electron chi connectivity index (χ2n) is 2.78. The molecule has 0 aliphatic carbocycles. The van der Waals surface area contributed by atoms with Gasteiger partial charge in [-0.15, -0.1) is 0 Å². The van der Waals surface area contributed by atoms with E-state index < -0.39 is 0 Å². The molecule has 4 heteroatoms. The van der Waals surface area contributed by atoms with Crippen LogP contribution >= 0.6 is 0 Å². The van der Waals surface area contributed by atoms with Crippen LogP contribution in [-0.2, 0) is 0 Å². The fourth-order valence-corrected chi connectivity index (χ4v) is 1.25. The predicted octanol–water partition coefficient (Wildman–Crippen LogP) is 0.217. The van der Waals surface area contributed by atoms with Crippen LogP contribution in [-0.4, -0.2) is 29.2 Å². The van der Waals surface area contributed by atoms with Gasteiger partial charge < -0.3 is 10.1 Å². The SMILES string of the molecule is c1cc(OC2CCNC2)ncn1. The third-order valence-corrected chi connectivity index (χ3v) is 1.86. The molecule has 1 aliphatic heterocycles. The summed E-state index contributed by atoms with van der Waals surface area (Å²) in [6.07, 6.45) is 4.52. The molecule has 12 heavy (non-hydrogen) atoms. The predicted molar refractivity (Wildman–Crippen MR) is 43.9 cm³/mol. The second-order valence-corrected chi connectivity index (χ2v) is 2.78. The van der Waals surface area contributed by atoms with Gasteiger partial charge in [0.25, 0.3) is 0 Å². The summed E-state index contributed by atoms with van der Waals surface area (Å²) in [4.78, 5) is 7.79. The van der Waals surface area contributed by atoms with Crippen molar-refractivity contribution in [2.45, 2.75) is 12.5 Å². The molecule has 1 aromatic rings. The lowest BCUT2D eigenvalue weighted by molar-refractivity contribution is 0.213. The third-order valence-electron chi connectivity index (χ3n) is 1.86. The van der Waals surface area contributed by atoms with Crippen LogP contribution in [0, 0.1) is 0 Å². The number of nitrogens with one attached hydrogen (secondary N) is 1. The molecular weight excluding hydrogens is 154 g/mol. The number of aromatic nitrogens is 2. The molecule has 0 saturated carbocycles. The summed E-state index contributed by atoms with van der Waals surface area (Å²) in [5, 5.41) is 3.22. The van der Waals surface area contributed by atoms with Crippen molar-refractivity contribution >= 4 is 0 Å².